The smallest absolute Gasteiger partial charge is 0.0703 e. The number of nitrogens with one attached hydrogen (secondary N) is 1. The van der Waals surface area contributed by atoms with E-state index in [0.29, 0.717) is 0 Å². The fraction of sp³-hybridized carbons (Fsp3) is 0.533. The number of hydrogen-bond acceptors (Lipinski definition) is 2. The van der Waals surface area contributed by atoms with E-state index in [9.17, 15) is 0 Å². The Morgan fingerprint density at radius 3 is 2.44 bits per heavy atom. The molecule has 0 spiro atoms. The summed E-state index contributed by atoms with van der Waals surface area (Å²) >= 11 is 5.90. The van der Waals surface area contributed by atoms with Gasteiger partial charge in [-0.1, -0.05) is 37.6 Å². The molecule has 3 heteroatoms. The average molecular weight is 263 g/mol. The molecule has 0 aromatic heterocycles. The van der Waals surface area contributed by atoms with Crippen LogP contribution in [0, 0.1) is 16.7 Å². The fourth-order valence-electron chi connectivity index (χ4n) is 2.10. The molecule has 2 nitrogen and oxygen atoms in total. The largest absolute Gasteiger partial charge is 0.314 e. The molecule has 1 aromatic rings. The molecular weight excluding hydrogens is 244 g/mol. The van der Waals surface area contributed by atoms with Gasteiger partial charge < -0.3 is 5.32 Å². The molecule has 0 bridgehead atoms. The van der Waals surface area contributed by atoms with Crippen molar-refractivity contribution in [2.24, 2.45) is 5.41 Å². The minimum atomic E-state index is -0.0733. The van der Waals surface area contributed by atoms with Gasteiger partial charge in [0.25, 0.3) is 0 Å². The minimum absolute atomic E-state index is 0.0517. The van der Waals surface area contributed by atoms with Gasteiger partial charge in [0.15, 0.2) is 0 Å². The molecule has 1 fully saturated rings. The average Bonchev–Trinajstić information content (AvgIpc) is 3.10. The van der Waals surface area contributed by atoms with E-state index in [4.69, 9.17) is 16.9 Å². The SMILES string of the molecule is CC(C)(CNCC1(C#N)CC1)c1ccc(Cl)cc1. The predicted molar refractivity (Wildman–Crippen MR) is 74.6 cm³/mol. The van der Waals surface area contributed by atoms with Gasteiger partial charge in [-0.3, -0.25) is 0 Å². The fourth-order valence-corrected chi connectivity index (χ4v) is 2.22. The Kier molecular flexibility index (Phi) is 3.66. The number of nitriles is 1. The zero-order valence-corrected chi connectivity index (χ0v) is 11.7. The molecule has 0 atom stereocenters. The molecule has 96 valence electrons. The molecule has 1 aliphatic rings. The van der Waals surface area contributed by atoms with Gasteiger partial charge in [-0.05, 0) is 30.5 Å². The van der Waals surface area contributed by atoms with Gasteiger partial charge in [-0.15, -0.1) is 0 Å². The number of hydrogen-bond donors (Lipinski definition) is 1. The van der Waals surface area contributed by atoms with Crippen LogP contribution in [0.3, 0.4) is 0 Å². The molecule has 1 aliphatic carbocycles. The Hall–Kier alpha value is -1.04. The summed E-state index contributed by atoms with van der Waals surface area (Å²) in [7, 11) is 0. The van der Waals surface area contributed by atoms with Crippen molar-refractivity contribution in [3.8, 4) is 6.07 Å². The predicted octanol–water partition coefficient (Wildman–Crippen LogP) is 3.51. The first-order valence-corrected chi connectivity index (χ1v) is 6.73. The zero-order valence-electron chi connectivity index (χ0n) is 11.0. The lowest BCUT2D eigenvalue weighted by Gasteiger charge is -2.26. The van der Waals surface area contributed by atoms with Gasteiger partial charge >= 0.3 is 0 Å². The van der Waals surface area contributed by atoms with E-state index in [2.05, 4.69) is 37.4 Å². The van der Waals surface area contributed by atoms with E-state index >= 15 is 0 Å². The zero-order chi connectivity index (χ0) is 13.2. The summed E-state index contributed by atoms with van der Waals surface area (Å²) in [4.78, 5) is 0. The van der Waals surface area contributed by atoms with Gasteiger partial charge in [-0.25, -0.2) is 0 Å². The van der Waals surface area contributed by atoms with Crippen LogP contribution in [0.4, 0.5) is 0 Å². The van der Waals surface area contributed by atoms with Crippen LogP contribution in [-0.2, 0) is 5.41 Å². The van der Waals surface area contributed by atoms with Crippen LogP contribution in [0.1, 0.15) is 32.3 Å². The maximum absolute atomic E-state index is 9.03. The van der Waals surface area contributed by atoms with Crippen molar-refractivity contribution >= 4 is 11.6 Å². The highest BCUT2D eigenvalue weighted by atomic mass is 35.5. The third-order valence-electron chi connectivity index (χ3n) is 3.75. The molecule has 2 rings (SSSR count). The van der Waals surface area contributed by atoms with Crippen molar-refractivity contribution in [3.63, 3.8) is 0 Å². The monoisotopic (exact) mass is 262 g/mol. The number of rotatable bonds is 5. The molecule has 0 unspecified atom stereocenters. The molecule has 0 saturated heterocycles. The topological polar surface area (TPSA) is 35.8 Å². The van der Waals surface area contributed by atoms with Crippen molar-refractivity contribution in [1.29, 1.82) is 5.26 Å². The quantitative estimate of drug-likeness (QED) is 0.881. The third-order valence-corrected chi connectivity index (χ3v) is 4.00. The summed E-state index contributed by atoms with van der Waals surface area (Å²) < 4.78 is 0. The summed E-state index contributed by atoms with van der Waals surface area (Å²) in [6.45, 7) is 6.09. The van der Waals surface area contributed by atoms with Crippen LogP contribution in [0.5, 0.6) is 0 Å². The van der Waals surface area contributed by atoms with Crippen LogP contribution < -0.4 is 5.32 Å². The van der Waals surface area contributed by atoms with Gasteiger partial charge in [0, 0.05) is 23.5 Å². The number of benzene rings is 1. The lowest BCUT2D eigenvalue weighted by atomic mass is 9.84. The highest BCUT2D eigenvalue weighted by molar-refractivity contribution is 6.30. The molecule has 1 aromatic carbocycles. The lowest BCUT2D eigenvalue weighted by molar-refractivity contribution is 0.443. The van der Waals surface area contributed by atoms with Crippen molar-refractivity contribution in [1.82, 2.24) is 5.32 Å². The van der Waals surface area contributed by atoms with Gasteiger partial charge in [0.1, 0.15) is 0 Å². The minimum Gasteiger partial charge on any atom is -0.314 e. The Morgan fingerprint density at radius 2 is 1.94 bits per heavy atom. The summed E-state index contributed by atoms with van der Waals surface area (Å²) in [5, 5.41) is 13.2. The molecule has 0 radical (unpaired) electrons. The Morgan fingerprint density at radius 1 is 1.33 bits per heavy atom. The van der Waals surface area contributed by atoms with Gasteiger partial charge in [0.2, 0.25) is 0 Å². The first-order chi connectivity index (χ1) is 8.47. The molecule has 0 heterocycles. The molecule has 18 heavy (non-hydrogen) atoms. The van der Waals surface area contributed by atoms with Gasteiger partial charge in [-0.2, -0.15) is 5.26 Å². The highest BCUT2D eigenvalue weighted by Gasteiger charge is 2.42. The van der Waals surface area contributed by atoms with Crippen molar-refractivity contribution < 1.29 is 0 Å². The van der Waals surface area contributed by atoms with Crippen LogP contribution in [0.2, 0.25) is 5.02 Å². The molecular formula is C15H19ClN2. The molecule has 1 N–H and O–H groups in total. The van der Waals surface area contributed by atoms with Crippen LogP contribution >= 0.6 is 11.6 Å². The van der Waals surface area contributed by atoms with Crippen LogP contribution in [0.15, 0.2) is 24.3 Å². The van der Waals surface area contributed by atoms with Crippen LogP contribution in [0.25, 0.3) is 0 Å². The van der Waals surface area contributed by atoms with E-state index in [1.54, 1.807) is 0 Å². The van der Waals surface area contributed by atoms with Crippen LogP contribution in [-0.4, -0.2) is 13.1 Å². The first-order valence-electron chi connectivity index (χ1n) is 6.36. The summed E-state index contributed by atoms with van der Waals surface area (Å²) in [5.74, 6) is 0. The Bertz CT molecular complexity index is 452. The van der Waals surface area contributed by atoms with E-state index in [-0.39, 0.29) is 10.8 Å². The maximum Gasteiger partial charge on any atom is 0.0703 e. The highest BCUT2D eigenvalue weighted by Crippen LogP contribution is 2.44. The van der Waals surface area contributed by atoms with Crippen molar-refractivity contribution in [3.05, 3.63) is 34.9 Å². The van der Waals surface area contributed by atoms with Crippen molar-refractivity contribution in [2.75, 3.05) is 13.1 Å². The third kappa shape index (κ3) is 3.04. The number of nitrogens with zero attached hydrogens (tertiary/aromatic N) is 1. The second-order valence-electron chi connectivity index (χ2n) is 5.89. The van der Waals surface area contributed by atoms with E-state index in [1.807, 2.05) is 12.1 Å². The summed E-state index contributed by atoms with van der Waals surface area (Å²) in [6.07, 6.45) is 2.08. The first kappa shape index (κ1) is 13.4. The summed E-state index contributed by atoms with van der Waals surface area (Å²) in [6, 6.07) is 10.4. The lowest BCUT2D eigenvalue weighted by Crippen LogP contribution is -2.35. The van der Waals surface area contributed by atoms with E-state index in [0.717, 1.165) is 31.0 Å². The molecule has 0 aliphatic heterocycles. The normalized spacial score (nSPS) is 17.2. The van der Waals surface area contributed by atoms with Crippen molar-refractivity contribution in [2.45, 2.75) is 32.1 Å². The standard InChI is InChI=1S/C15H19ClN2/c1-14(2,12-3-5-13(16)6-4-12)10-18-11-15(9-17)7-8-15/h3-6,18H,7-8,10-11H2,1-2H3. The summed E-state index contributed by atoms with van der Waals surface area (Å²) in [5.41, 5.74) is 1.24. The second-order valence-corrected chi connectivity index (χ2v) is 6.32. The van der Waals surface area contributed by atoms with E-state index in [1.165, 1.54) is 5.56 Å². The molecule has 1 saturated carbocycles. The second kappa shape index (κ2) is 4.91. The number of halogens is 1. The Balaban J connectivity index is 1.91. The van der Waals surface area contributed by atoms with E-state index < -0.39 is 0 Å². The Labute approximate surface area is 114 Å². The van der Waals surface area contributed by atoms with Gasteiger partial charge in [0.05, 0.1) is 11.5 Å². The maximum atomic E-state index is 9.03. The molecule has 0 amide bonds.